The number of morpholine rings is 1. The molecule has 2 aliphatic rings. The summed E-state index contributed by atoms with van der Waals surface area (Å²) < 4.78 is 32.3. The molecule has 2 aliphatic heterocycles. The molecule has 2 saturated heterocycles. The number of likely N-dealkylation sites (N-methyl/N-ethyl adjacent to an activating group) is 1. The largest absolute Gasteiger partial charge is 0.378 e. The Morgan fingerprint density at radius 3 is 2.40 bits per heavy atom. The minimum atomic E-state index is -3.72. The number of hydrogen-bond acceptors (Lipinski definition) is 6. The van der Waals surface area contributed by atoms with Crippen LogP contribution in [-0.4, -0.2) is 77.2 Å². The lowest BCUT2D eigenvalue weighted by Gasteiger charge is -2.30. The van der Waals surface area contributed by atoms with Crippen molar-refractivity contribution in [1.82, 2.24) is 4.31 Å². The molecule has 0 aliphatic carbocycles. The summed E-state index contributed by atoms with van der Waals surface area (Å²) in [5.74, 6) is 0. The molecule has 1 N–H and O–H groups in total. The third-order valence-corrected chi connectivity index (χ3v) is 6.60. The second-order valence-corrected chi connectivity index (χ2v) is 8.31. The van der Waals surface area contributed by atoms with E-state index in [-0.39, 0.29) is 10.6 Å². The number of anilines is 1. The highest BCUT2D eigenvalue weighted by Gasteiger charge is 2.31. The quantitative estimate of drug-likeness (QED) is 0.536. The molecule has 0 saturated carbocycles. The monoisotopic (exact) mass is 371 g/mol. The van der Waals surface area contributed by atoms with Gasteiger partial charge in [0.1, 0.15) is 5.69 Å². The predicted octanol–water partition coefficient (Wildman–Crippen LogP) is -1.05. The van der Waals surface area contributed by atoms with Crippen molar-refractivity contribution in [2.75, 3.05) is 64.4 Å². The molecule has 2 heterocycles. The first-order valence-electron chi connectivity index (χ1n) is 8.32. The SMILES string of the molecule is C[NH+]1CCN(S(=O)(=O)c2ccc(N3CCOCC3)c([N+](=O)[O-])c2)CC1. The fourth-order valence-electron chi connectivity index (χ4n) is 3.14. The summed E-state index contributed by atoms with van der Waals surface area (Å²) in [4.78, 5) is 14.1. The Morgan fingerprint density at radius 2 is 1.80 bits per heavy atom. The van der Waals surface area contributed by atoms with E-state index in [1.54, 1.807) is 0 Å². The van der Waals surface area contributed by atoms with Crippen LogP contribution in [-0.2, 0) is 14.8 Å². The zero-order valence-corrected chi connectivity index (χ0v) is 15.0. The van der Waals surface area contributed by atoms with Gasteiger partial charge in [-0.25, -0.2) is 8.42 Å². The highest BCUT2D eigenvalue weighted by molar-refractivity contribution is 7.89. The van der Waals surface area contributed by atoms with E-state index in [0.29, 0.717) is 45.1 Å². The minimum Gasteiger partial charge on any atom is -0.378 e. The van der Waals surface area contributed by atoms with Gasteiger partial charge in [0.2, 0.25) is 10.0 Å². The topological polar surface area (TPSA) is 97.4 Å². The summed E-state index contributed by atoms with van der Waals surface area (Å²) in [6, 6.07) is 4.20. The van der Waals surface area contributed by atoms with Gasteiger partial charge in [0.05, 0.1) is 56.3 Å². The van der Waals surface area contributed by atoms with Crippen molar-refractivity contribution < 1.29 is 23.0 Å². The molecule has 0 radical (unpaired) electrons. The Hall–Kier alpha value is -1.75. The molecule has 0 aromatic heterocycles. The van der Waals surface area contributed by atoms with E-state index in [1.807, 2.05) is 11.9 Å². The van der Waals surface area contributed by atoms with Gasteiger partial charge < -0.3 is 14.5 Å². The van der Waals surface area contributed by atoms with Crippen LogP contribution in [0.4, 0.5) is 11.4 Å². The standard InChI is InChI=1S/C15H22N4O5S/c1-16-4-6-18(7-5-16)25(22,23)13-2-3-14(15(12-13)19(20)21)17-8-10-24-11-9-17/h2-3,12H,4-11H2,1H3/p+1. The lowest BCUT2D eigenvalue weighted by atomic mass is 10.2. The molecule has 25 heavy (non-hydrogen) atoms. The van der Waals surface area contributed by atoms with Crippen molar-refractivity contribution in [1.29, 1.82) is 0 Å². The first kappa shape index (κ1) is 18.1. The molecule has 0 bridgehead atoms. The van der Waals surface area contributed by atoms with Crippen molar-refractivity contribution in [2.45, 2.75) is 4.90 Å². The van der Waals surface area contributed by atoms with E-state index in [9.17, 15) is 18.5 Å². The second-order valence-electron chi connectivity index (χ2n) is 6.37. The van der Waals surface area contributed by atoms with Crippen molar-refractivity contribution in [3.63, 3.8) is 0 Å². The molecule has 2 fully saturated rings. The number of ether oxygens (including phenoxy) is 1. The third-order valence-electron chi connectivity index (χ3n) is 4.71. The van der Waals surface area contributed by atoms with Gasteiger partial charge in [-0.2, -0.15) is 4.31 Å². The van der Waals surface area contributed by atoms with Crippen molar-refractivity contribution in [3.8, 4) is 0 Å². The summed E-state index contributed by atoms with van der Waals surface area (Å²) in [5.41, 5.74) is 0.262. The van der Waals surface area contributed by atoms with Gasteiger partial charge in [-0.15, -0.1) is 0 Å². The first-order chi connectivity index (χ1) is 11.9. The van der Waals surface area contributed by atoms with Crippen LogP contribution in [0.15, 0.2) is 23.1 Å². The highest BCUT2D eigenvalue weighted by atomic mass is 32.2. The van der Waals surface area contributed by atoms with Gasteiger partial charge in [0.15, 0.2) is 0 Å². The number of nitro benzene ring substituents is 1. The van der Waals surface area contributed by atoms with Crippen LogP contribution in [0.25, 0.3) is 0 Å². The number of sulfonamides is 1. The number of rotatable bonds is 4. The van der Waals surface area contributed by atoms with Crippen LogP contribution < -0.4 is 9.80 Å². The average molecular weight is 371 g/mol. The number of nitro groups is 1. The number of nitrogens with zero attached hydrogens (tertiary/aromatic N) is 3. The summed E-state index contributed by atoms with van der Waals surface area (Å²) in [7, 11) is -1.70. The first-order valence-corrected chi connectivity index (χ1v) is 9.76. The van der Waals surface area contributed by atoms with Gasteiger partial charge in [0, 0.05) is 19.2 Å². The smallest absolute Gasteiger partial charge is 0.293 e. The summed E-state index contributed by atoms with van der Waals surface area (Å²) in [6.07, 6.45) is 0. The Morgan fingerprint density at radius 1 is 1.16 bits per heavy atom. The minimum absolute atomic E-state index is 0.0178. The molecule has 10 heteroatoms. The van der Waals surface area contributed by atoms with Crippen molar-refractivity contribution >= 4 is 21.4 Å². The Kier molecular flexibility index (Phi) is 5.23. The number of piperazine rings is 1. The fourth-order valence-corrected chi connectivity index (χ4v) is 4.60. The third kappa shape index (κ3) is 3.76. The van der Waals surface area contributed by atoms with E-state index >= 15 is 0 Å². The molecule has 0 spiro atoms. The van der Waals surface area contributed by atoms with Gasteiger partial charge in [0.25, 0.3) is 5.69 Å². The summed E-state index contributed by atoms with van der Waals surface area (Å²) >= 11 is 0. The zero-order chi connectivity index (χ0) is 18.0. The Balaban J connectivity index is 1.92. The molecule has 0 atom stereocenters. The molecule has 3 rings (SSSR count). The van der Waals surface area contributed by atoms with E-state index < -0.39 is 14.9 Å². The van der Waals surface area contributed by atoms with E-state index in [2.05, 4.69) is 0 Å². The maximum Gasteiger partial charge on any atom is 0.293 e. The highest BCUT2D eigenvalue weighted by Crippen LogP contribution is 2.32. The summed E-state index contributed by atoms with van der Waals surface area (Å²) in [6.45, 7) is 4.41. The molecule has 1 aromatic carbocycles. The van der Waals surface area contributed by atoms with Crippen LogP contribution >= 0.6 is 0 Å². The van der Waals surface area contributed by atoms with Crippen LogP contribution in [0.3, 0.4) is 0 Å². The number of hydrogen-bond donors (Lipinski definition) is 1. The fraction of sp³-hybridized carbons (Fsp3) is 0.600. The molecule has 0 amide bonds. The van der Waals surface area contributed by atoms with E-state index in [1.165, 1.54) is 27.4 Å². The zero-order valence-electron chi connectivity index (χ0n) is 14.2. The van der Waals surface area contributed by atoms with Gasteiger partial charge in [-0.1, -0.05) is 0 Å². The van der Waals surface area contributed by atoms with Crippen molar-refractivity contribution in [3.05, 3.63) is 28.3 Å². The molecule has 138 valence electrons. The van der Waals surface area contributed by atoms with Crippen LogP contribution in [0.5, 0.6) is 0 Å². The lowest BCUT2D eigenvalue weighted by molar-refractivity contribution is -0.883. The predicted molar refractivity (Wildman–Crippen MR) is 91.5 cm³/mol. The van der Waals surface area contributed by atoms with Gasteiger partial charge in [-0.05, 0) is 12.1 Å². The number of quaternary nitrogens is 1. The maximum atomic E-state index is 12.8. The van der Waals surface area contributed by atoms with Crippen molar-refractivity contribution in [2.24, 2.45) is 0 Å². The van der Waals surface area contributed by atoms with E-state index in [4.69, 9.17) is 4.74 Å². The van der Waals surface area contributed by atoms with Crippen LogP contribution in [0.1, 0.15) is 0 Å². The maximum absolute atomic E-state index is 12.8. The van der Waals surface area contributed by atoms with Crippen LogP contribution in [0, 0.1) is 10.1 Å². The molecule has 1 aromatic rings. The lowest BCUT2D eigenvalue weighted by Crippen LogP contribution is -3.12. The van der Waals surface area contributed by atoms with Gasteiger partial charge >= 0.3 is 0 Å². The Labute approximate surface area is 147 Å². The average Bonchev–Trinajstić information content (AvgIpc) is 2.62. The Bertz CT molecular complexity index is 740. The molecule has 0 unspecified atom stereocenters. The molecular formula is C15H23N4O5S+. The van der Waals surface area contributed by atoms with Crippen LogP contribution in [0.2, 0.25) is 0 Å². The number of nitrogens with one attached hydrogen (secondary N) is 1. The molecular weight excluding hydrogens is 348 g/mol. The van der Waals surface area contributed by atoms with Gasteiger partial charge in [-0.3, -0.25) is 10.1 Å². The summed E-state index contributed by atoms with van der Waals surface area (Å²) in [5, 5.41) is 11.5. The normalized spacial score (nSPS) is 20.6. The second kappa shape index (κ2) is 7.24. The molecule has 9 nitrogen and oxygen atoms in total. The number of benzene rings is 1. The van der Waals surface area contributed by atoms with E-state index in [0.717, 1.165) is 13.1 Å².